The molecule has 0 aromatic carbocycles. The van der Waals surface area contributed by atoms with E-state index in [2.05, 4.69) is 0 Å². The van der Waals surface area contributed by atoms with Crippen molar-refractivity contribution in [3.8, 4) is 0 Å². The minimum atomic E-state index is -0.384. The smallest absolute Gasteiger partial charge is 0.306 e. The maximum atomic E-state index is 11.2. The first kappa shape index (κ1) is 12.9. The van der Waals surface area contributed by atoms with E-state index < -0.39 is 0 Å². The third-order valence-corrected chi connectivity index (χ3v) is 3.45. The average molecular weight is 256 g/mol. The molecule has 2 aliphatic rings. The Bertz CT molecular complexity index is 377. The highest BCUT2D eigenvalue weighted by atomic mass is 16.6. The van der Waals surface area contributed by atoms with Crippen LogP contribution in [0.4, 0.5) is 0 Å². The quantitative estimate of drug-likeness (QED) is 0.538. The molecule has 2 fully saturated rings. The molecule has 2 rings (SSSR count). The summed E-state index contributed by atoms with van der Waals surface area (Å²) in [6, 6.07) is 0. The SMILES string of the molecule is CC(=O)OC[C@H]1[C@@H]2CC(=O)O[C@@H]2C[C@@H]1OC(C)=O. The van der Waals surface area contributed by atoms with Crippen LogP contribution >= 0.6 is 0 Å². The fourth-order valence-corrected chi connectivity index (χ4v) is 2.75. The molecule has 0 aromatic heterocycles. The minimum Gasteiger partial charge on any atom is -0.465 e. The zero-order chi connectivity index (χ0) is 13.3. The van der Waals surface area contributed by atoms with Gasteiger partial charge in [-0.1, -0.05) is 0 Å². The first-order chi connectivity index (χ1) is 8.47. The Morgan fingerprint density at radius 3 is 2.67 bits per heavy atom. The van der Waals surface area contributed by atoms with Gasteiger partial charge in [0.2, 0.25) is 0 Å². The van der Waals surface area contributed by atoms with Gasteiger partial charge in [0.1, 0.15) is 12.2 Å². The van der Waals surface area contributed by atoms with Gasteiger partial charge in [-0.2, -0.15) is 0 Å². The molecule has 1 aliphatic carbocycles. The molecular formula is C12H16O6. The predicted octanol–water partition coefficient (Wildman–Crippen LogP) is 0.433. The molecule has 6 heteroatoms. The summed E-state index contributed by atoms with van der Waals surface area (Å²) in [7, 11) is 0. The van der Waals surface area contributed by atoms with Crippen LogP contribution in [0, 0.1) is 11.8 Å². The lowest BCUT2D eigenvalue weighted by molar-refractivity contribution is -0.152. The molecule has 0 bridgehead atoms. The Labute approximate surface area is 105 Å². The number of ether oxygens (including phenoxy) is 3. The first-order valence-electron chi connectivity index (χ1n) is 5.97. The van der Waals surface area contributed by atoms with Crippen LogP contribution in [-0.2, 0) is 28.6 Å². The minimum absolute atomic E-state index is 0.0267. The molecule has 4 atom stereocenters. The van der Waals surface area contributed by atoms with Gasteiger partial charge >= 0.3 is 17.9 Å². The molecule has 1 heterocycles. The maximum absolute atomic E-state index is 11.2. The summed E-state index contributed by atoms with van der Waals surface area (Å²) < 4.78 is 15.4. The second kappa shape index (κ2) is 4.96. The molecule has 1 aliphatic heterocycles. The lowest BCUT2D eigenvalue weighted by atomic mass is 9.93. The number of hydrogen-bond acceptors (Lipinski definition) is 6. The van der Waals surface area contributed by atoms with E-state index in [9.17, 15) is 14.4 Å². The Morgan fingerprint density at radius 2 is 2.06 bits per heavy atom. The van der Waals surface area contributed by atoms with Crippen LogP contribution in [0.25, 0.3) is 0 Å². The largest absolute Gasteiger partial charge is 0.465 e. The maximum Gasteiger partial charge on any atom is 0.306 e. The van der Waals surface area contributed by atoms with E-state index in [0.717, 1.165) is 0 Å². The monoisotopic (exact) mass is 256 g/mol. The molecule has 100 valence electrons. The fourth-order valence-electron chi connectivity index (χ4n) is 2.75. The van der Waals surface area contributed by atoms with Crippen LogP contribution in [0.3, 0.4) is 0 Å². The second-order valence-corrected chi connectivity index (χ2v) is 4.75. The van der Waals surface area contributed by atoms with E-state index in [-0.39, 0.29) is 48.6 Å². The molecule has 1 saturated heterocycles. The summed E-state index contributed by atoms with van der Waals surface area (Å²) in [4.78, 5) is 33.1. The number of carbonyl (C=O) groups is 3. The van der Waals surface area contributed by atoms with Crippen LogP contribution in [0.15, 0.2) is 0 Å². The van der Waals surface area contributed by atoms with Crippen molar-refractivity contribution >= 4 is 17.9 Å². The summed E-state index contributed by atoms with van der Waals surface area (Å²) in [6.07, 6.45) is 0.225. The van der Waals surface area contributed by atoms with Gasteiger partial charge in [0.25, 0.3) is 0 Å². The third kappa shape index (κ3) is 2.63. The van der Waals surface area contributed by atoms with Crippen molar-refractivity contribution in [1.82, 2.24) is 0 Å². The number of esters is 3. The van der Waals surface area contributed by atoms with Crippen molar-refractivity contribution < 1.29 is 28.6 Å². The highest BCUT2D eigenvalue weighted by molar-refractivity contribution is 5.72. The molecule has 0 aromatic rings. The van der Waals surface area contributed by atoms with Gasteiger partial charge in [0, 0.05) is 32.1 Å². The molecule has 0 unspecified atom stereocenters. The Morgan fingerprint density at radius 1 is 1.33 bits per heavy atom. The van der Waals surface area contributed by atoms with E-state index in [1.807, 2.05) is 0 Å². The van der Waals surface area contributed by atoms with E-state index in [1.165, 1.54) is 13.8 Å². The van der Waals surface area contributed by atoms with Gasteiger partial charge in [0.15, 0.2) is 0 Å². The van der Waals surface area contributed by atoms with Gasteiger partial charge in [-0.25, -0.2) is 0 Å². The highest BCUT2D eigenvalue weighted by Gasteiger charge is 2.51. The highest BCUT2D eigenvalue weighted by Crippen LogP contribution is 2.42. The van der Waals surface area contributed by atoms with Crippen LogP contribution in [0.1, 0.15) is 26.7 Å². The van der Waals surface area contributed by atoms with Crippen molar-refractivity contribution in [2.24, 2.45) is 11.8 Å². The molecule has 0 spiro atoms. The zero-order valence-corrected chi connectivity index (χ0v) is 10.4. The van der Waals surface area contributed by atoms with Crippen molar-refractivity contribution in [3.63, 3.8) is 0 Å². The molecule has 0 amide bonds. The molecule has 18 heavy (non-hydrogen) atoms. The number of rotatable bonds is 3. The summed E-state index contributed by atoms with van der Waals surface area (Å²) in [6.45, 7) is 2.82. The van der Waals surface area contributed by atoms with Gasteiger partial charge in [-0.3, -0.25) is 14.4 Å². The molecule has 0 N–H and O–H groups in total. The first-order valence-corrected chi connectivity index (χ1v) is 5.97. The van der Waals surface area contributed by atoms with Gasteiger partial charge in [-0.05, 0) is 0 Å². The lowest BCUT2D eigenvalue weighted by Crippen LogP contribution is -2.29. The standard InChI is InChI=1S/C12H16O6/c1-6(13)16-5-9-8-3-12(15)18-10(8)4-11(9)17-7(2)14/h8-11H,3-5H2,1-2H3/t8-,9-,10+,11-/m0/s1. The van der Waals surface area contributed by atoms with Gasteiger partial charge in [-0.15, -0.1) is 0 Å². The number of hydrogen-bond donors (Lipinski definition) is 0. The Balaban J connectivity index is 2.04. The topological polar surface area (TPSA) is 78.9 Å². The van der Waals surface area contributed by atoms with E-state index in [4.69, 9.17) is 14.2 Å². The summed E-state index contributed by atoms with van der Waals surface area (Å²) in [5, 5.41) is 0. The lowest BCUT2D eigenvalue weighted by Gasteiger charge is -2.21. The van der Waals surface area contributed by atoms with E-state index >= 15 is 0 Å². The van der Waals surface area contributed by atoms with E-state index in [0.29, 0.717) is 12.8 Å². The molecular weight excluding hydrogens is 240 g/mol. The third-order valence-electron chi connectivity index (χ3n) is 3.45. The van der Waals surface area contributed by atoms with Crippen molar-refractivity contribution in [1.29, 1.82) is 0 Å². The summed E-state index contributed by atoms with van der Waals surface area (Å²) in [5.41, 5.74) is 0. The normalized spacial score (nSPS) is 33.8. The van der Waals surface area contributed by atoms with Crippen molar-refractivity contribution in [2.45, 2.75) is 38.9 Å². The van der Waals surface area contributed by atoms with Crippen LogP contribution in [-0.4, -0.2) is 36.7 Å². The average Bonchev–Trinajstić information content (AvgIpc) is 2.70. The Kier molecular flexibility index (Phi) is 3.54. The molecule has 6 nitrogen and oxygen atoms in total. The molecule has 1 saturated carbocycles. The van der Waals surface area contributed by atoms with Crippen molar-refractivity contribution in [3.05, 3.63) is 0 Å². The zero-order valence-electron chi connectivity index (χ0n) is 10.4. The Hall–Kier alpha value is -1.59. The van der Waals surface area contributed by atoms with Crippen molar-refractivity contribution in [2.75, 3.05) is 6.61 Å². The summed E-state index contributed by atoms with van der Waals surface area (Å²) in [5.74, 6) is -1.18. The molecule has 0 radical (unpaired) electrons. The van der Waals surface area contributed by atoms with E-state index in [1.54, 1.807) is 0 Å². The van der Waals surface area contributed by atoms with Gasteiger partial charge < -0.3 is 14.2 Å². The van der Waals surface area contributed by atoms with Gasteiger partial charge in [0.05, 0.1) is 13.0 Å². The van der Waals surface area contributed by atoms with Crippen LogP contribution in [0.2, 0.25) is 0 Å². The number of fused-ring (bicyclic) bond motifs is 1. The van der Waals surface area contributed by atoms with Crippen LogP contribution in [0.5, 0.6) is 0 Å². The number of carbonyl (C=O) groups excluding carboxylic acids is 3. The second-order valence-electron chi connectivity index (χ2n) is 4.75. The summed E-state index contributed by atoms with van der Waals surface area (Å²) >= 11 is 0. The fraction of sp³-hybridized carbons (Fsp3) is 0.750. The van der Waals surface area contributed by atoms with Crippen LogP contribution < -0.4 is 0 Å². The predicted molar refractivity (Wildman–Crippen MR) is 58.3 cm³/mol.